The maximum Gasteiger partial charge on any atom is 0.0695 e. The number of allylic oxidation sites excluding steroid dienone is 6. The maximum atomic E-state index is 3.99. The summed E-state index contributed by atoms with van der Waals surface area (Å²) in [5.74, 6) is 0. The van der Waals surface area contributed by atoms with Gasteiger partial charge in [-0.15, -0.1) is 0 Å². The molecule has 0 spiro atoms. The summed E-state index contributed by atoms with van der Waals surface area (Å²) in [5, 5.41) is 6.56. The molecule has 36 heavy (non-hydrogen) atoms. The van der Waals surface area contributed by atoms with Crippen molar-refractivity contribution in [1.82, 2.24) is 4.98 Å². The molecule has 182 valence electrons. The Morgan fingerprint density at radius 1 is 0.917 bits per heavy atom. The Hall–Kier alpha value is -3.78. The van der Waals surface area contributed by atoms with Gasteiger partial charge in [-0.3, -0.25) is 0 Å². The maximum absolute atomic E-state index is 3.99. The van der Waals surface area contributed by atoms with Crippen LogP contribution in [0, 0.1) is 0 Å². The van der Waals surface area contributed by atoms with Crippen LogP contribution in [0.25, 0.3) is 21.8 Å². The summed E-state index contributed by atoms with van der Waals surface area (Å²) in [6, 6.07) is 24.3. The van der Waals surface area contributed by atoms with Gasteiger partial charge in [0.05, 0.1) is 17.0 Å². The van der Waals surface area contributed by atoms with Crippen LogP contribution in [-0.4, -0.2) is 4.98 Å². The second kappa shape index (κ2) is 10.1. The summed E-state index contributed by atoms with van der Waals surface area (Å²) in [6.45, 7) is 8.30. The van der Waals surface area contributed by atoms with Crippen LogP contribution in [0.1, 0.15) is 57.7 Å². The van der Waals surface area contributed by atoms with E-state index >= 15 is 0 Å². The van der Waals surface area contributed by atoms with Crippen LogP contribution in [0.15, 0.2) is 114 Å². The number of fused-ring (bicyclic) bond motifs is 5. The molecule has 1 aliphatic carbocycles. The van der Waals surface area contributed by atoms with Crippen LogP contribution in [0.5, 0.6) is 0 Å². The Balaban J connectivity index is 0.00000130. The third-order valence-electron chi connectivity index (χ3n) is 7.58. The van der Waals surface area contributed by atoms with Crippen LogP contribution >= 0.6 is 0 Å². The van der Waals surface area contributed by atoms with E-state index in [-0.39, 0.29) is 11.5 Å². The lowest BCUT2D eigenvalue weighted by molar-refractivity contribution is 0.521. The molecule has 0 saturated heterocycles. The molecule has 6 rings (SSSR count). The molecule has 2 aliphatic rings. The molecule has 0 amide bonds. The van der Waals surface area contributed by atoms with Crippen molar-refractivity contribution in [2.45, 2.75) is 52.0 Å². The molecule has 4 aromatic rings. The fraction of sp³-hybridized carbons (Fsp3) is 0.235. The summed E-state index contributed by atoms with van der Waals surface area (Å²) >= 11 is 0. The third-order valence-corrected chi connectivity index (χ3v) is 7.58. The molecule has 0 radical (unpaired) electrons. The molecule has 2 heterocycles. The first-order chi connectivity index (χ1) is 17.8. The number of aromatic nitrogens is 1. The van der Waals surface area contributed by atoms with Gasteiger partial charge >= 0.3 is 0 Å². The number of rotatable bonds is 4. The highest BCUT2D eigenvalue weighted by molar-refractivity contribution is 6.10. The Bertz CT molecular complexity index is 1500. The minimum atomic E-state index is -0.316. The van der Waals surface area contributed by atoms with Gasteiger partial charge in [-0.05, 0) is 50.0 Å². The SMILES string of the molecule is C/C=C\C(=C/C)C1(C2=CC=CCC2)c2c(ccc3c2[nH]c2ccccc23)NC1c1ccccc1.CC. The second-order valence-electron chi connectivity index (χ2n) is 9.28. The summed E-state index contributed by atoms with van der Waals surface area (Å²) in [6.07, 6.45) is 15.8. The molecular formula is C34H36N2. The zero-order valence-electron chi connectivity index (χ0n) is 21.8. The largest absolute Gasteiger partial charge is 0.376 e. The number of para-hydroxylation sites is 1. The van der Waals surface area contributed by atoms with Crippen molar-refractivity contribution in [3.63, 3.8) is 0 Å². The molecule has 2 nitrogen and oxygen atoms in total. The summed E-state index contributed by atoms with van der Waals surface area (Å²) in [4.78, 5) is 3.83. The Labute approximate surface area is 215 Å². The molecule has 2 N–H and O–H groups in total. The number of hydrogen-bond acceptors (Lipinski definition) is 1. The fourth-order valence-corrected chi connectivity index (χ4v) is 6.24. The highest BCUT2D eigenvalue weighted by atomic mass is 15.0. The lowest BCUT2D eigenvalue weighted by Crippen LogP contribution is -2.37. The standard InChI is InChI=1S/C32H30N2.C2H6/c1-3-13-23(4-2)32(24-16-9-6-10-17-24)29-28(34-31(32)22-14-7-5-8-15-22)21-20-26-25-18-11-12-19-27(25)33-30(26)29;1-2/h3-9,11-16,18-21,31,33-34H,10,17H2,1-2H3;1-2H3/b13-3-,23-4+;. The fourth-order valence-electron chi connectivity index (χ4n) is 6.24. The molecule has 0 bridgehead atoms. The molecule has 1 aliphatic heterocycles. The quantitative estimate of drug-likeness (QED) is 0.284. The van der Waals surface area contributed by atoms with E-state index in [4.69, 9.17) is 0 Å². The number of hydrogen-bond donors (Lipinski definition) is 2. The first-order valence-electron chi connectivity index (χ1n) is 13.3. The van der Waals surface area contributed by atoms with E-state index in [2.05, 4.69) is 127 Å². The molecular weight excluding hydrogens is 436 g/mol. The van der Waals surface area contributed by atoms with E-state index in [1.165, 1.54) is 49.8 Å². The minimum Gasteiger partial charge on any atom is -0.376 e. The number of nitrogens with one attached hydrogen (secondary N) is 2. The van der Waals surface area contributed by atoms with Crippen LogP contribution in [-0.2, 0) is 5.41 Å². The second-order valence-corrected chi connectivity index (χ2v) is 9.28. The van der Waals surface area contributed by atoms with E-state index in [0.29, 0.717) is 0 Å². The monoisotopic (exact) mass is 472 g/mol. The first kappa shape index (κ1) is 23.9. The summed E-state index contributed by atoms with van der Waals surface area (Å²) < 4.78 is 0. The van der Waals surface area contributed by atoms with Gasteiger partial charge in [0.15, 0.2) is 0 Å². The van der Waals surface area contributed by atoms with E-state index in [9.17, 15) is 0 Å². The van der Waals surface area contributed by atoms with E-state index in [0.717, 1.165) is 12.8 Å². The van der Waals surface area contributed by atoms with Crippen LogP contribution in [0.4, 0.5) is 5.69 Å². The molecule has 3 aromatic carbocycles. The highest BCUT2D eigenvalue weighted by Gasteiger charge is 2.52. The van der Waals surface area contributed by atoms with Gasteiger partial charge in [0.25, 0.3) is 0 Å². The topological polar surface area (TPSA) is 27.8 Å². The van der Waals surface area contributed by atoms with E-state index < -0.39 is 0 Å². The van der Waals surface area contributed by atoms with Crippen LogP contribution in [0.2, 0.25) is 0 Å². The Kier molecular flexibility index (Phi) is 6.69. The van der Waals surface area contributed by atoms with Crippen molar-refractivity contribution < 1.29 is 0 Å². The van der Waals surface area contributed by atoms with Gasteiger partial charge in [-0.2, -0.15) is 0 Å². The summed E-state index contributed by atoms with van der Waals surface area (Å²) in [5.41, 5.74) is 8.80. The lowest BCUT2D eigenvalue weighted by Gasteiger charge is -2.41. The Morgan fingerprint density at radius 2 is 1.69 bits per heavy atom. The summed E-state index contributed by atoms with van der Waals surface area (Å²) in [7, 11) is 0. The van der Waals surface area contributed by atoms with Crippen molar-refractivity contribution >= 4 is 27.5 Å². The van der Waals surface area contributed by atoms with Gasteiger partial charge in [-0.1, -0.05) is 110 Å². The number of aromatic amines is 1. The van der Waals surface area contributed by atoms with Crippen molar-refractivity contribution in [2.24, 2.45) is 0 Å². The first-order valence-corrected chi connectivity index (χ1v) is 13.3. The average Bonchev–Trinajstić information content (AvgIpc) is 3.50. The van der Waals surface area contributed by atoms with E-state index in [1.54, 1.807) is 0 Å². The van der Waals surface area contributed by atoms with Crippen molar-refractivity contribution in [2.75, 3.05) is 5.32 Å². The van der Waals surface area contributed by atoms with Crippen molar-refractivity contribution in [1.29, 1.82) is 0 Å². The number of benzene rings is 3. The molecule has 2 unspecified atom stereocenters. The molecule has 0 fully saturated rings. The minimum absolute atomic E-state index is 0.0980. The van der Waals surface area contributed by atoms with Crippen molar-refractivity contribution in [3.05, 3.63) is 125 Å². The lowest BCUT2D eigenvalue weighted by atomic mass is 9.62. The third kappa shape index (κ3) is 3.55. The predicted octanol–water partition coefficient (Wildman–Crippen LogP) is 9.55. The predicted molar refractivity (Wildman–Crippen MR) is 157 cm³/mol. The zero-order valence-corrected chi connectivity index (χ0v) is 21.8. The van der Waals surface area contributed by atoms with Crippen LogP contribution < -0.4 is 5.32 Å². The van der Waals surface area contributed by atoms with E-state index in [1.807, 2.05) is 13.8 Å². The molecule has 1 aromatic heterocycles. The Morgan fingerprint density at radius 3 is 2.42 bits per heavy atom. The average molecular weight is 473 g/mol. The van der Waals surface area contributed by atoms with Crippen molar-refractivity contribution in [3.8, 4) is 0 Å². The van der Waals surface area contributed by atoms with Gasteiger partial charge in [0, 0.05) is 27.5 Å². The smallest absolute Gasteiger partial charge is 0.0695 e. The van der Waals surface area contributed by atoms with Gasteiger partial charge in [-0.25, -0.2) is 0 Å². The normalized spacial score (nSPS) is 21.3. The van der Waals surface area contributed by atoms with Gasteiger partial charge < -0.3 is 10.3 Å². The number of H-pyrrole nitrogens is 1. The van der Waals surface area contributed by atoms with Gasteiger partial charge in [0.2, 0.25) is 0 Å². The van der Waals surface area contributed by atoms with Gasteiger partial charge in [0.1, 0.15) is 0 Å². The molecule has 2 atom stereocenters. The highest BCUT2D eigenvalue weighted by Crippen LogP contribution is 2.60. The molecule has 2 heteroatoms. The zero-order chi connectivity index (χ0) is 25.1. The molecule has 0 saturated carbocycles. The number of anilines is 1. The van der Waals surface area contributed by atoms with Crippen LogP contribution in [0.3, 0.4) is 0 Å².